The summed E-state index contributed by atoms with van der Waals surface area (Å²) in [6.07, 6.45) is 0. The van der Waals surface area contributed by atoms with Gasteiger partial charge in [0.05, 0.1) is 10.5 Å². The Morgan fingerprint density at radius 1 is 1.07 bits per heavy atom. The molecule has 2 aromatic carbocycles. The second kappa shape index (κ2) is 7.05. The van der Waals surface area contributed by atoms with Gasteiger partial charge in [-0.25, -0.2) is 4.79 Å². The molecule has 0 radical (unpaired) electrons. The van der Waals surface area contributed by atoms with Crippen molar-refractivity contribution in [1.29, 1.82) is 0 Å². The van der Waals surface area contributed by atoms with Gasteiger partial charge in [-0.3, -0.25) is 0 Å². The minimum absolute atomic E-state index is 0.0475. The number of aryl methyl sites for hydroxylation is 2. The molecular weight excluding hydrogens is 390 g/mol. The van der Waals surface area contributed by atoms with Crippen LogP contribution in [0.1, 0.15) is 21.5 Å². The highest BCUT2D eigenvalue weighted by molar-refractivity contribution is 7.90. The van der Waals surface area contributed by atoms with Crippen LogP contribution in [0.3, 0.4) is 0 Å². The second-order valence-electron chi connectivity index (χ2n) is 5.90. The molecule has 2 N–H and O–H groups in total. The average molecular weight is 406 g/mol. The van der Waals surface area contributed by atoms with Crippen molar-refractivity contribution < 1.29 is 17.9 Å². The fourth-order valence-electron chi connectivity index (χ4n) is 2.33. The molecule has 0 bridgehead atoms. The van der Waals surface area contributed by atoms with Gasteiger partial charge in [-0.05, 0) is 61.4 Å². The summed E-state index contributed by atoms with van der Waals surface area (Å²) in [7, 11) is -4.05. The number of nitrogens with two attached hydrogens (primary N) is 1. The number of benzene rings is 2. The molecule has 7 nitrogen and oxygen atoms in total. The predicted octanol–water partition coefficient (Wildman–Crippen LogP) is 3.19. The van der Waals surface area contributed by atoms with Crippen molar-refractivity contribution >= 4 is 33.4 Å². The Bertz CT molecular complexity index is 1120. The number of carbonyl (C=O) groups excluding carboxylic acids is 1. The van der Waals surface area contributed by atoms with Crippen molar-refractivity contribution in [2.24, 2.45) is 0 Å². The van der Waals surface area contributed by atoms with Gasteiger partial charge in [-0.1, -0.05) is 17.7 Å². The number of ether oxygens (including phenoxy) is 1. The minimum atomic E-state index is -4.05. The van der Waals surface area contributed by atoms with Crippen LogP contribution in [0, 0.1) is 13.8 Å². The van der Waals surface area contributed by atoms with Crippen LogP contribution in [0.4, 0.5) is 5.82 Å². The van der Waals surface area contributed by atoms with E-state index in [2.05, 4.69) is 5.10 Å². The third kappa shape index (κ3) is 3.81. The standard InChI is InChI=1S/C18H16ClN3O4S/c1-11-3-4-13(9-12(11)2)18(23)26-17-10-16(20)22(21-17)27(24,25)15-7-5-14(19)6-8-15/h3-10H,20H2,1-2H3. The summed E-state index contributed by atoms with van der Waals surface area (Å²) >= 11 is 5.78. The number of aromatic nitrogens is 2. The fourth-order valence-corrected chi connectivity index (χ4v) is 3.65. The lowest BCUT2D eigenvalue weighted by atomic mass is 10.1. The van der Waals surface area contributed by atoms with Gasteiger partial charge in [-0.15, -0.1) is 9.19 Å². The number of nitrogens with zero attached hydrogens (tertiary/aromatic N) is 2. The van der Waals surface area contributed by atoms with Crippen LogP contribution in [-0.2, 0) is 10.0 Å². The molecule has 0 spiro atoms. The highest BCUT2D eigenvalue weighted by Gasteiger charge is 2.23. The molecule has 0 saturated heterocycles. The van der Waals surface area contributed by atoms with Crippen LogP contribution in [0.2, 0.25) is 5.02 Å². The van der Waals surface area contributed by atoms with Gasteiger partial charge in [-0.2, -0.15) is 8.42 Å². The molecule has 9 heteroatoms. The van der Waals surface area contributed by atoms with Gasteiger partial charge in [0.25, 0.3) is 10.0 Å². The summed E-state index contributed by atoms with van der Waals surface area (Å²) in [4.78, 5) is 12.2. The molecule has 0 aliphatic carbocycles. The number of halogens is 1. The lowest BCUT2D eigenvalue weighted by Gasteiger charge is -2.06. The molecule has 1 heterocycles. The molecule has 0 amide bonds. The van der Waals surface area contributed by atoms with E-state index in [-0.39, 0.29) is 16.6 Å². The zero-order chi connectivity index (χ0) is 19.8. The Morgan fingerprint density at radius 2 is 1.74 bits per heavy atom. The molecule has 0 fully saturated rings. The number of hydrogen-bond donors (Lipinski definition) is 1. The molecule has 0 unspecified atom stereocenters. The van der Waals surface area contributed by atoms with Crippen molar-refractivity contribution in [2.45, 2.75) is 18.7 Å². The fraction of sp³-hybridized carbons (Fsp3) is 0.111. The molecule has 140 valence electrons. The van der Waals surface area contributed by atoms with Gasteiger partial charge in [0.1, 0.15) is 5.82 Å². The number of hydrogen-bond acceptors (Lipinski definition) is 6. The summed E-state index contributed by atoms with van der Waals surface area (Å²) in [5, 5.41) is 4.21. The summed E-state index contributed by atoms with van der Waals surface area (Å²) in [5.74, 6) is -1.06. The molecule has 0 saturated carbocycles. The maximum absolute atomic E-state index is 12.7. The van der Waals surface area contributed by atoms with Gasteiger partial charge in [0.2, 0.25) is 5.88 Å². The van der Waals surface area contributed by atoms with Crippen LogP contribution in [0.5, 0.6) is 5.88 Å². The van der Waals surface area contributed by atoms with E-state index in [1.54, 1.807) is 18.2 Å². The number of nitrogen functional groups attached to an aromatic ring is 1. The lowest BCUT2D eigenvalue weighted by molar-refractivity contribution is 0.0727. The normalized spacial score (nSPS) is 11.4. The quantitative estimate of drug-likeness (QED) is 0.668. The zero-order valence-electron chi connectivity index (χ0n) is 14.5. The Balaban J connectivity index is 1.89. The van der Waals surface area contributed by atoms with Crippen LogP contribution in [0.25, 0.3) is 0 Å². The highest BCUT2D eigenvalue weighted by atomic mass is 35.5. The van der Waals surface area contributed by atoms with Crippen molar-refractivity contribution in [3.05, 3.63) is 70.2 Å². The van der Waals surface area contributed by atoms with E-state index in [1.165, 1.54) is 30.3 Å². The Morgan fingerprint density at radius 3 is 2.37 bits per heavy atom. The largest absolute Gasteiger partial charge is 0.402 e. The number of rotatable bonds is 4. The molecule has 3 rings (SSSR count). The minimum Gasteiger partial charge on any atom is -0.402 e. The molecular formula is C18H16ClN3O4S. The van der Waals surface area contributed by atoms with E-state index in [0.29, 0.717) is 14.7 Å². The van der Waals surface area contributed by atoms with Crippen LogP contribution >= 0.6 is 11.6 Å². The van der Waals surface area contributed by atoms with E-state index >= 15 is 0 Å². The Hall–Kier alpha value is -2.84. The Labute approximate surface area is 161 Å². The van der Waals surface area contributed by atoms with Crippen molar-refractivity contribution in [1.82, 2.24) is 9.19 Å². The third-order valence-electron chi connectivity index (χ3n) is 3.96. The first kappa shape index (κ1) is 18.9. The van der Waals surface area contributed by atoms with Gasteiger partial charge < -0.3 is 10.5 Å². The SMILES string of the molecule is Cc1ccc(C(=O)Oc2cc(N)n(S(=O)(=O)c3ccc(Cl)cc3)n2)cc1C. The van der Waals surface area contributed by atoms with Gasteiger partial charge in [0.15, 0.2) is 0 Å². The van der Waals surface area contributed by atoms with Crippen molar-refractivity contribution in [2.75, 3.05) is 5.73 Å². The van der Waals surface area contributed by atoms with E-state index in [0.717, 1.165) is 11.1 Å². The lowest BCUT2D eigenvalue weighted by Crippen LogP contribution is -2.17. The number of esters is 1. The highest BCUT2D eigenvalue weighted by Crippen LogP contribution is 2.23. The van der Waals surface area contributed by atoms with Gasteiger partial charge >= 0.3 is 5.97 Å². The van der Waals surface area contributed by atoms with E-state index < -0.39 is 16.0 Å². The summed E-state index contributed by atoms with van der Waals surface area (Å²) < 4.78 is 31.1. The molecule has 27 heavy (non-hydrogen) atoms. The monoisotopic (exact) mass is 405 g/mol. The number of anilines is 1. The number of carbonyl (C=O) groups is 1. The topological polar surface area (TPSA) is 104 Å². The van der Waals surface area contributed by atoms with E-state index in [9.17, 15) is 13.2 Å². The van der Waals surface area contributed by atoms with Gasteiger partial charge in [0, 0.05) is 11.1 Å². The molecule has 0 aliphatic rings. The summed E-state index contributed by atoms with van der Waals surface area (Å²) in [5.41, 5.74) is 8.05. The van der Waals surface area contributed by atoms with Crippen molar-refractivity contribution in [3.63, 3.8) is 0 Å². The van der Waals surface area contributed by atoms with Crippen LogP contribution < -0.4 is 10.5 Å². The smallest absolute Gasteiger partial charge is 0.344 e. The molecule has 3 aromatic rings. The average Bonchev–Trinajstić information content (AvgIpc) is 2.98. The molecule has 0 aliphatic heterocycles. The molecule has 1 aromatic heterocycles. The Kier molecular flexibility index (Phi) is 4.95. The van der Waals surface area contributed by atoms with Crippen LogP contribution in [-0.4, -0.2) is 23.6 Å². The second-order valence-corrected chi connectivity index (χ2v) is 8.10. The van der Waals surface area contributed by atoms with E-state index in [4.69, 9.17) is 22.1 Å². The first-order valence-corrected chi connectivity index (χ1v) is 9.66. The maximum Gasteiger partial charge on any atom is 0.344 e. The maximum atomic E-state index is 12.7. The zero-order valence-corrected chi connectivity index (χ0v) is 16.1. The van der Waals surface area contributed by atoms with Crippen molar-refractivity contribution in [3.8, 4) is 5.88 Å². The molecule has 0 atom stereocenters. The first-order chi connectivity index (χ1) is 12.7. The van der Waals surface area contributed by atoms with E-state index in [1.807, 2.05) is 13.8 Å². The first-order valence-electron chi connectivity index (χ1n) is 7.84. The predicted molar refractivity (Wildman–Crippen MR) is 102 cm³/mol. The van der Waals surface area contributed by atoms with Crippen LogP contribution in [0.15, 0.2) is 53.4 Å². The summed E-state index contributed by atoms with van der Waals surface area (Å²) in [6.45, 7) is 3.80. The third-order valence-corrected chi connectivity index (χ3v) is 5.83. The summed E-state index contributed by atoms with van der Waals surface area (Å²) in [6, 6.07) is 11.8.